The van der Waals surface area contributed by atoms with Crippen LogP contribution in [0.5, 0.6) is 0 Å². The first-order chi connectivity index (χ1) is 15.3. The average Bonchev–Trinajstić information content (AvgIpc) is 3.34. The molecule has 0 unspecified atom stereocenters. The van der Waals surface area contributed by atoms with Gasteiger partial charge in [0.25, 0.3) is 5.56 Å². The van der Waals surface area contributed by atoms with Crippen LogP contribution in [0.3, 0.4) is 0 Å². The Hall–Kier alpha value is -3.11. The van der Waals surface area contributed by atoms with Gasteiger partial charge in [-0.15, -0.1) is 16.4 Å². The lowest BCUT2D eigenvalue weighted by Crippen LogP contribution is -2.37. The quantitative estimate of drug-likeness (QED) is 0.436. The highest BCUT2D eigenvalue weighted by atomic mass is 35.5. The summed E-state index contributed by atoms with van der Waals surface area (Å²) in [5.74, 6) is 0.377. The van der Waals surface area contributed by atoms with Crippen LogP contribution in [0.2, 0.25) is 5.02 Å². The molecule has 3 aromatic heterocycles. The van der Waals surface area contributed by atoms with Gasteiger partial charge in [-0.25, -0.2) is 10.2 Å². The summed E-state index contributed by atoms with van der Waals surface area (Å²) in [5.41, 5.74) is 4.92. The molecule has 32 heavy (non-hydrogen) atoms. The molecule has 0 aliphatic rings. The van der Waals surface area contributed by atoms with Gasteiger partial charge in [0.2, 0.25) is 10.7 Å². The molecule has 4 rings (SSSR count). The summed E-state index contributed by atoms with van der Waals surface area (Å²) in [6, 6.07) is 7.73. The van der Waals surface area contributed by atoms with Crippen LogP contribution in [0.15, 0.2) is 44.3 Å². The molecular formula is C21H24ClN7O2S. The number of nitrogens with zero attached hydrogens (tertiary/aromatic N) is 6. The standard InChI is InChI=1S/C21H24ClN7O2S/c1-5-6-11-29-15(13-7-9-14(22)10-8-13)12-32-20(29)25-24-19-23-17-16(26(19)2)18(30)28(4)21(31)27(17)3/h7-10,12H,5-6,11H2,1-4H3,(H,23,24)/b25-20-. The molecule has 4 aromatic rings. The molecule has 0 fully saturated rings. The highest BCUT2D eigenvalue weighted by Gasteiger charge is 2.17. The molecule has 9 nitrogen and oxygen atoms in total. The fourth-order valence-electron chi connectivity index (χ4n) is 3.52. The Bertz CT molecular complexity index is 1470. The van der Waals surface area contributed by atoms with Crippen molar-refractivity contribution in [2.75, 3.05) is 5.43 Å². The third-order valence-electron chi connectivity index (χ3n) is 5.40. The maximum Gasteiger partial charge on any atom is 0.332 e. The van der Waals surface area contributed by atoms with Crippen molar-refractivity contribution in [1.82, 2.24) is 23.3 Å². The van der Waals surface area contributed by atoms with E-state index in [-0.39, 0.29) is 0 Å². The first-order valence-corrected chi connectivity index (χ1v) is 11.5. The molecule has 0 saturated carbocycles. The number of aryl methyl sites for hydroxylation is 2. The van der Waals surface area contributed by atoms with E-state index in [1.165, 1.54) is 23.0 Å². The van der Waals surface area contributed by atoms with E-state index in [4.69, 9.17) is 11.6 Å². The Balaban J connectivity index is 1.79. The molecule has 0 amide bonds. The van der Waals surface area contributed by atoms with Gasteiger partial charge in [-0.1, -0.05) is 37.1 Å². The second kappa shape index (κ2) is 8.79. The fourth-order valence-corrected chi connectivity index (χ4v) is 4.54. The minimum absolute atomic E-state index is 0.310. The summed E-state index contributed by atoms with van der Waals surface area (Å²) in [4.78, 5) is 30.0. The zero-order valence-corrected chi connectivity index (χ0v) is 19.9. The summed E-state index contributed by atoms with van der Waals surface area (Å²) >= 11 is 7.56. The van der Waals surface area contributed by atoms with E-state index in [1.54, 1.807) is 18.7 Å². The Morgan fingerprint density at radius 1 is 1.09 bits per heavy atom. The summed E-state index contributed by atoms with van der Waals surface area (Å²) < 4.78 is 6.20. The van der Waals surface area contributed by atoms with E-state index in [9.17, 15) is 9.59 Å². The van der Waals surface area contributed by atoms with Gasteiger partial charge in [0.1, 0.15) is 0 Å². The van der Waals surface area contributed by atoms with Crippen molar-refractivity contribution in [2.24, 2.45) is 26.2 Å². The average molecular weight is 474 g/mol. The van der Waals surface area contributed by atoms with E-state index >= 15 is 0 Å². The van der Waals surface area contributed by atoms with Crippen LogP contribution in [0.25, 0.3) is 22.4 Å². The van der Waals surface area contributed by atoms with Crippen molar-refractivity contribution >= 4 is 40.0 Å². The normalized spacial score (nSPS) is 12.1. The van der Waals surface area contributed by atoms with Gasteiger partial charge in [-0.05, 0) is 24.1 Å². The van der Waals surface area contributed by atoms with Crippen LogP contribution < -0.4 is 21.5 Å². The highest BCUT2D eigenvalue weighted by molar-refractivity contribution is 7.07. The predicted octanol–water partition coefficient (Wildman–Crippen LogP) is 2.88. The number of thiazole rings is 1. The Morgan fingerprint density at radius 3 is 2.50 bits per heavy atom. The van der Waals surface area contributed by atoms with Crippen LogP contribution in [0.4, 0.5) is 5.95 Å². The number of imidazole rings is 1. The summed E-state index contributed by atoms with van der Waals surface area (Å²) in [7, 11) is 4.77. The van der Waals surface area contributed by atoms with Crippen LogP contribution in [0, 0.1) is 0 Å². The van der Waals surface area contributed by atoms with Gasteiger partial charge in [-0.2, -0.15) is 4.98 Å². The van der Waals surface area contributed by atoms with Crippen LogP contribution in [-0.4, -0.2) is 23.3 Å². The number of unbranched alkanes of at least 4 members (excludes halogenated alkanes) is 1. The molecule has 0 saturated heterocycles. The van der Waals surface area contributed by atoms with Crippen molar-refractivity contribution in [1.29, 1.82) is 0 Å². The predicted molar refractivity (Wildman–Crippen MR) is 128 cm³/mol. The number of halogens is 1. The number of nitrogens with one attached hydrogen (secondary N) is 1. The molecule has 11 heteroatoms. The lowest BCUT2D eigenvalue weighted by atomic mass is 10.1. The molecule has 1 N–H and O–H groups in total. The van der Waals surface area contributed by atoms with E-state index in [0.717, 1.165) is 40.0 Å². The van der Waals surface area contributed by atoms with Gasteiger partial charge in [-0.3, -0.25) is 13.9 Å². The molecule has 0 aliphatic heterocycles. The lowest BCUT2D eigenvalue weighted by molar-refractivity contribution is 0.622. The van der Waals surface area contributed by atoms with Gasteiger partial charge in [0.15, 0.2) is 11.2 Å². The molecule has 168 valence electrons. The summed E-state index contributed by atoms with van der Waals surface area (Å²) in [6.07, 6.45) is 2.06. The van der Waals surface area contributed by atoms with Crippen LogP contribution in [-0.2, 0) is 27.7 Å². The number of rotatable bonds is 6. The molecule has 1 aromatic carbocycles. The highest BCUT2D eigenvalue weighted by Crippen LogP contribution is 2.23. The zero-order valence-electron chi connectivity index (χ0n) is 18.3. The molecule has 0 atom stereocenters. The Kier molecular flexibility index (Phi) is 6.07. The molecule has 0 radical (unpaired) electrons. The van der Waals surface area contributed by atoms with Crippen molar-refractivity contribution in [2.45, 2.75) is 26.3 Å². The number of benzene rings is 1. The third kappa shape index (κ3) is 3.80. The second-order valence-electron chi connectivity index (χ2n) is 7.51. The fraction of sp³-hybridized carbons (Fsp3) is 0.333. The van der Waals surface area contributed by atoms with Crippen molar-refractivity contribution < 1.29 is 0 Å². The molecule has 0 spiro atoms. The van der Waals surface area contributed by atoms with Crippen molar-refractivity contribution in [3.63, 3.8) is 0 Å². The lowest BCUT2D eigenvalue weighted by Gasteiger charge is -2.09. The maximum atomic E-state index is 12.6. The van der Waals surface area contributed by atoms with Crippen molar-refractivity contribution in [3.8, 4) is 11.3 Å². The van der Waals surface area contributed by atoms with Gasteiger partial charge in [0.05, 0.1) is 5.69 Å². The van der Waals surface area contributed by atoms with Crippen molar-refractivity contribution in [3.05, 3.63) is 60.3 Å². The number of anilines is 1. The molecular weight excluding hydrogens is 450 g/mol. The number of fused-ring (bicyclic) bond motifs is 1. The van der Waals surface area contributed by atoms with Gasteiger partial charge >= 0.3 is 5.69 Å². The smallest absolute Gasteiger partial charge is 0.315 e. The maximum absolute atomic E-state index is 12.6. The third-order valence-corrected chi connectivity index (χ3v) is 6.52. The minimum Gasteiger partial charge on any atom is -0.315 e. The van der Waals surface area contributed by atoms with Crippen LogP contribution >= 0.6 is 22.9 Å². The SMILES string of the molecule is CCCCn1c(-c2ccc(Cl)cc2)cs/c1=N\Nc1nc2c(c(=O)n(C)c(=O)n2C)n1C. The number of hydrogen-bond donors (Lipinski definition) is 1. The van der Waals surface area contributed by atoms with Gasteiger partial charge in [0, 0.05) is 38.1 Å². The Morgan fingerprint density at radius 2 is 1.81 bits per heavy atom. The summed E-state index contributed by atoms with van der Waals surface area (Å²) in [6.45, 7) is 2.96. The van der Waals surface area contributed by atoms with Crippen LogP contribution in [0.1, 0.15) is 19.8 Å². The van der Waals surface area contributed by atoms with E-state index in [2.05, 4.69) is 32.4 Å². The Labute approximate surface area is 192 Å². The van der Waals surface area contributed by atoms with E-state index in [0.29, 0.717) is 22.1 Å². The first-order valence-electron chi connectivity index (χ1n) is 10.2. The topological polar surface area (TPSA) is 91.1 Å². The first kappa shape index (κ1) is 22.1. The number of hydrogen-bond acceptors (Lipinski definition) is 6. The second-order valence-corrected chi connectivity index (χ2v) is 8.78. The largest absolute Gasteiger partial charge is 0.332 e. The number of aromatic nitrogens is 5. The molecule has 0 aliphatic carbocycles. The minimum atomic E-state index is -0.424. The molecule has 3 heterocycles. The monoisotopic (exact) mass is 473 g/mol. The zero-order chi connectivity index (χ0) is 23.0. The van der Waals surface area contributed by atoms with E-state index in [1.807, 2.05) is 24.3 Å². The molecule has 0 bridgehead atoms. The van der Waals surface area contributed by atoms with Gasteiger partial charge < -0.3 is 9.13 Å². The summed E-state index contributed by atoms with van der Waals surface area (Å²) in [5, 5.41) is 7.34. The van der Waals surface area contributed by atoms with E-state index < -0.39 is 11.2 Å².